The second-order valence-corrected chi connectivity index (χ2v) is 8.65. The fourth-order valence-corrected chi connectivity index (χ4v) is 4.33. The number of para-hydroxylation sites is 1. The van der Waals surface area contributed by atoms with E-state index in [1.54, 1.807) is 68.7 Å². The Morgan fingerprint density at radius 2 is 1.67 bits per heavy atom. The molecule has 1 aliphatic rings. The van der Waals surface area contributed by atoms with Crippen molar-refractivity contribution in [1.82, 2.24) is 15.5 Å². The topological polar surface area (TPSA) is 106 Å². The molecule has 0 aliphatic carbocycles. The van der Waals surface area contributed by atoms with Gasteiger partial charge in [-0.1, -0.05) is 12.1 Å². The van der Waals surface area contributed by atoms with Crippen LogP contribution in [0.4, 0.5) is 0 Å². The van der Waals surface area contributed by atoms with Crippen molar-refractivity contribution < 1.29 is 28.6 Å². The zero-order valence-corrected chi connectivity index (χ0v) is 21.1. The number of rotatable bonds is 11. The van der Waals surface area contributed by atoms with Gasteiger partial charge in [0.2, 0.25) is 5.91 Å². The summed E-state index contributed by atoms with van der Waals surface area (Å²) in [7, 11) is 4.71. The van der Waals surface area contributed by atoms with Crippen LogP contribution in [0.5, 0.6) is 11.5 Å². The predicted octanol–water partition coefficient (Wildman–Crippen LogP) is 2.51. The van der Waals surface area contributed by atoms with Crippen molar-refractivity contribution in [3.05, 3.63) is 59.7 Å². The van der Waals surface area contributed by atoms with Crippen LogP contribution >= 0.6 is 0 Å². The first-order valence-electron chi connectivity index (χ1n) is 12.1. The minimum Gasteiger partial charge on any atom is -0.497 e. The average molecular weight is 498 g/mol. The molecule has 1 atom stereocenters. The highest BCUT2D eigenvalue weighted by Gasteiger charge is 2.34. The molecule has 9 nitrogen and oxygen atoms in total. The molecule has 1 saturated heterocycles. The van der Waals surface area contributed by atoms with Gasteiger partial charge >= 0.3 is 0 Å². The van der Waals surface area contributed by atoms with Crippen LogP contribution in [0.3, 0.4) is 0 Å². The van der Waals surface area contributed by atoms with Crippen molar-refractivity contribution in [2.45, 2.75) is 25.3 Å². The minimum absolute atomic E-state index is 0.103. The van der Waals surface area contributed by atoms with Gasteiger partial charge in [0.15, 0.2) is 0 Å². The van der Waals surface area contributed by atoms with E-state index in [4.69, 9.17) is 14.2 Å². The smallest absolute Gasteiger partial charge is 0.257 e. The number of benzene rings is 2. The highest BCUT2D eigenvalue weighted by Crippen LogP contribution is 2.26. The van der Waals surface area contributed by atoms with Crippen LogP contribution in [-0.2, 0) is 9.53 Å². The van der Waals surface area contributed by atoms with Crippen molar-refractivity contribution in [2.75, 3.05) is 47.6 Å². The molecule has 9 heteroatoms. The van der Waals surface area contributed by atoms with E-state index in [1.807, 2.05) is 6.07 Å². The second-order valence-electron chi connectivity index (χ2n) is 8.65. The van der Waals surface area contributed by atoms with Crippen LogP contribution in [0.15, 0.2) is 48.5 Å². The maximum Gasteiger partial charge on any atom is 0.257 e. The zero-order valence-electron chi connectivity index (χ0n) is 21.1. The van der Waals surface area contributed by atoms with E-state index in [-0.39, 0.29) is 23.6 Å². The molecule has 2 aromatic rings. The fraction of sp³-hybridized carbons (Fsp3) is 0.444. The minimum atomic E-state index is -0.717. The Balaban J connectivity index is 1.68. The standard InChI is InChI=1S/C27H35N3O6/c1-34-18-6-15-28-26(32)24(29-25(31)20-9-11-21(35-2)12-10-20)19-13-16-30(17-14-19)27(33)22-7-4-5-8-23(22)36-3/h4-5,7-12,19,24H,6,13-18H2,1-3H3,(H,28,32)(H,29,31)/t24-/m0/s1. The number of nitrogens with one attached hydrogen (secondary N) is 2. The summed E-state index contributed by atoms with van der Waals surface area (Å²) in [4.78, 5) is 40.9. The van der Waals surface area contributed by atoms with Crippen molar-refractivity contribution in [3.63, 3.8) is 0 Å². The lowest BCUT2D eigenvalue weighted by Crippen LogP contribution is -2.54. The van der Waals surface area contributed by atoms with E-state index < -0.39 is 6.04 Å². The quantitative estimate of drug-likeness (QED) is 0.462. The molecule has 2 aromatic carbocycles. The van der Waals surface area contributed by atoms with E-state index in [0.717, 1.165) is 0 Å². The van der Waals surface area contributed by atoms with Gasteiger partial charge < -0.3 is 29.7 Å². The summed E-state index contributed by atoms with van der Waals surface area (Å²) in [6.07, 6.45) is 1.84. The third-order valence-corrected chi connectivity index (χ3v) is 6.38. The number of nitrogens with zero attached hydrogens (tertiary/aromatic N) is 1. The molecule has 1 fully saturated rings. The Bertz CT molecular complexity index is 1020. The summed E-state index contributed by atoms with van der Waals surface area (Å²) in [6, 6.07) is 13.2. The lowest BCUT2D eigenvalue weighted by atomic mass is 9.88. The monoisotopic (exact) mass is 497 g/mol. The molecule has 0 bridgehead atoms. The van der Waals surface area contributed by atoms with E-state index in [9.17, 15) is 14.4 Å². The fourth-order valence-electron chi connectivity index (χ4n) is 4.33. The first kappa shape index (κ1) is 27.0. The Kier molecular flexibility index (Phi) is 10.1. The third-order valence-electron chi connectivity index (χ3n) is 6.38. The van der Waals surface area contributed by atoms with Gasteiger partial charge in [-0.05, 0) is 61.6 Å². The van der Waals surface area contributed by atoms with Gasteiger partial charge in [-0.3, -0.25) is 14.4 Å². The van der Waals surface area contributed by atoms with Crippen LogP contribution in [0.2, 0.25) is 0 Å². The van der Waals surface area contributed by atoms with Gasteiger partial charge in [-0.2, -0.15) is 0 Å². The molecular formula is C27H35N3O6. The third kappa shape index (κ3) is 6.97. The number of likely N-dealkylation sites (tertiary alicyclic amines) is 1. The van der Waals surface area contributed by atoms with Gasteiger partial charge in [0.05, 0.1) is 19.8 Å². The first-order valence-corrected chi connectivity index (χ1v) is 12.1. The maximum atomic E-state index is 13.1. The summed E-state index contributed by atoms with van der Waals surface area (Å²) in [5, 5.41) is 5.84. The van der Waals surface area contributed by atoms with Crippen molar-refractivity contribution in [1.29, 1.82) is 0 Å². The summed E-state index contributed by atoms with van der Waals surface area (Å²) in [5.41, 5.74) is 0.954. The van der Waals surface area contributed by atoms with Crippen LogP contribution in [0, 0.1) is 5.92 Å². The molecule has 3 amide bonds. The number of hydrogen-bond donors (Lipinski definition) is 2. The number of methoxy groups -OCH3 is 3. The van der Waals surface area contributed by atoms with Gasteiger partial charge in [-0.25, -0.2) is 0 Å². The lowest BCUT2D eigenvalue weighted by Gasteiger charge is -2.36. The molecule has 1 aliphatic heterocycles. The largest absolute Gasteiger partial charge is 0.497 e. The summed E-state index contributed by atoms with van der Waals surface area (Å²) < 4.78 is 15.5. The molecule has 2 N–H and O–H groups in total. The lowest BCUT2D eigenvalue weighted by molar-refractivity contribution is -0.124. The molecule has 3 rings (SSSR count). The number of carbonyl (C=O) groups is 3. The van der Waals surface area contributed by atoms with Crippen molar-refractivity contribution >= 4 is 17.7 Å². The van der Waals surface area contributed by atoms with Crippen LogP contribution < -0.4 is 20.1 Å². The van der Waals surface area contributed by atoms with Crippen LogP contribution in [-0.4, -0.2) is 76.2 Å². The van der Waals surface area contributed by atoms with Crippen LogP contribution in [0.1, 0.15) is 40.0 Å². The Labute approximate surface area is 212 Å². The second kappa shape index (κ2) is 13.5. The first-order chi connectivity index (χ1) is 17.5. The van der Waals surface area contributed by atoms with E-state index in [1.165, 1.54) is 0 Å². The highest BCUT2D eigenvalue weighted by molar-refractivity contribution is 5.98. The summed E-state index contributed by atoms with van der Waals surface area (Å²) in [6.45, 7) is 1.94. The summed E-state index contributed by atoms with van der Waals surface area (Å²) >= 11 is 0. The predicted molar refractivity (Wildman–Crippen MR) is 135 cm³/mol. The number of amides is 3. The van der Waals surface area contributed by atoms with Crippen LogP contribution in [0.25, 0.3) is 0 Å². The molecule has 0 radical (unpaired) electrons. The molecule has 1 heterocycles. The summed E-state index contributed by atoms with van der Waals surface area (Å²) in [5.74, 6) is 0.394. The number of piperidine rings is 1. The normalized spacial score (nSPS) is 14.6. The zero-order chi connectivity index (χ0) is 25.9. The Morgan fingerprint density at radius 3 is 2.31 bits per heavy atom. The van der Waals surface area contributed by atoms with Gasteiger partial charge in [0, 0.05) is 38.9 Å². The number of ether oxygens (including phenoxy) is 3. The van der Waals surface area contributed by atoms with Gasteiger partial charge in [0.25, 0.3) is 11.8 Å². The molecule has 0 aromatic heterocycles. The maximum absolute atomic E-state index is 13.1. The molecule has 0 saturated carbocycles. The number of carbonyl (C=O) groups excluding carboxylic acids is 3. The molecule has 194 valence electrons. The average Bonchev–Trinajstić information content (AvgIpc) is 2.93. The van der Waals surface area contributed by atoms with Crippen molar-refractivity contribution in [2.24, 2.45) is 5.92 Å². The van der Waals surface area contributed by atoms with E-state index >= 15 is 0 Å². The number of hydrogen-bond acceptors (Lipinski definition) is 6. The Morgan fingerprint density at radius 1 is 0.972 bits per heavy atom. The van der Waals surface area contributed by atoms with E-state index in [0.29, 0.717) is 68.1 Å². The Hall–Kier alpha value is -3.59. The van der Waals surface area contributed by atoms with Crippen molar-refractivity contribution in [3.8, 4) is 11.5 Å². The van der Waals surface area contributed by atoms with Gasteiger partial charge in [0.1, 0.15) is 17.5 Å². The van der Waals surface area contributed by atoms with Gasteiger partial charge in [-0.15, -0.1) is 0 Å². The SMILES string of the molecule is COCCCNC(=O)[C@@H](NC(=O)c1ccc(OC)cc1)C1CCN(C(=O)c2ccccc2OC)CC1. The highest BCUT2D eigenvalue weighted by atomic mass is 16.5. The molecular weight excluding hydrogens is 462 g/mol. The van der Waals surface area contributed by atoms with E-state index in [2.05, 4.69) is 10.6 Å². The molecule has 0 unspecified atom stereocenters. The molecule has 0 spiro atoms. The molecule has 36 heavy (non-hydrogen) atoms.